The Bertz CT molecular complexity index is 1480. The average molecular weight is 434 g/mol. The summed E-state index contributed by atoms with van der Waals surface area (Å²) in [5.74, 6) is 1.69. The van der Waals surface area contributed by atoms with Gasteiger partial charge in [-0.3, -0.25) is 13.8 Å². The van der Waals surface area contributed by atoms with Crippen LogP contribution in [0.5, 0.6) is 0 Å². The van der Waals surface area contributed by atoms with Crippen LogP contribution in [-0.4, -0.2) is 44.4 Å². The first-order chi connectivity index (χ1) is 15.2. The number of hydrogen-bond donors (Lipinski definition) is 1. The first kappa shape index (κ1) is 19.2. The second-order valence-corrected chi connectivity index (χ2v) is 7.97. The number of imidazole rings is 1. The molecule has 0 bridgehead atoms. The molecule has 0 amide bonds. The van der Waals surface area contributed by atoms with E-state index in [1.54, 1.807) is 28.7 Å². The predicted octanol–water partition coefficient (Wildman–Crippen LogP) is 2.13. The van der Waals surface area contributed by atoms with Gasteiger partial charge in [-0.15, -0.1) is 16.8 Å². The molecule has 0 unspecified atom stereocenters. The summed E-state index contributed by atoms with van der Waals surface area (Å²) in [6.45, 7) is 4.86. The Morgan fingerprint density at radius 2 is 2.03 bits per heavy atom. The lowest BCUT2D eigenvalue weighted by molar-refractivity contribution is 0.695. The van der Waals surface area contributed by atoms with Gasteiger partial charge in [-0.25, -0.2) is 15.0 Å². The van der Waals surface area contributed by atoms with Gasteiger partial charge in [-0.2, -0.15) is 0 Å². The molecule has 1 aromatic carbocycles. The Kier molecular flexibility index (Phi) is 4.86. The Hall–Kier alpha value is -3.73. The van der Waals surface area contributed by atoms with Gasteiger partial charge in [0.1, 0.15) is 11.8 Å². The van der Waals surface area contributed by atoms with Crippen LogP contribution in [0.1, 0.15) is 6.42 Å². The van der Waals surface area contributed by atoms with Crippen LogP contribution in [-0.2, 0) is 13.1 Å². The predicted molar refractivity (Wildman–Crippen MR) is 120 cm³/mol. The van der Waals surface area contributed by atoms with Crippen LogP contribution in [0.15, 0.2) is 59.5 Å². The summed E-state index contributed by atoms with van der Waals surface area (Å²) >= 11 is 1.59. The van der Waals surface area contributed by atoms with Gasteiger partial charge in [-0.1, -0.05) is 30.0 Å². The summed E-state index contributed by atoms with van der Waals surface area (Å²) in [6, 6.07) is 7.50. The van der Waals surface area contributed by atoms with E-state index in [9.17, 15) is 4.79 Å². The molecule has 2 N–H and O–H groups in total. The molecule has 0 fully saturated rings. The number of anilines is 1. The first-order valence-electron chi connectivity index (χ1n) is 9.70. The summed E-state index contributed by atoms with van der Waals surface area (Å²) in [5, 5.41) is 10.0. The van der Waals surface area contributed by atoms with E-state index in [1.807, 2.05) is 33.2 Å². The Balaban J connectivity index is 1.41. The molecule has 0 radical (unpaired) electrons. The van der Waals surface area contributed by atoms with Crippen molar-refractivity contribution in [2.45, 2.75) is 24.7 Å². The van der Waals surface area contributed by atoms with Crippen LogP contribution in [0.3, 0.4) is 0 Å². The lowest BCUT2D eigenvalue weighted by Crippen LogP contribution is -2.22. The van der Waals surface area contributed by atoms with E-state index in [4.69, 9.17) is 5.73 Å². The zero-order chi connectivity index (χ0) is 21.4. The summed E-state index contributed by atoms with van der Waals surface area (Å²) in [6.07, 6.45) is 5.72. The van der Waals surface area contributed by atoms with E-state index in [0.29, 0.717) is 29.0 Å². The molecule has 0 aliphatic carbocycles. The minimum Gasteiger partial charge on any atom is -0.382 e. The van der Waals surface area contributed by atoms with Gasteiger partial charge < -0.3 is 10.3 Å². The Morgan fingerprint density at radius 1 is 1.16 bits per heavy atom. The van der Waals surface area contributed by atoms with Gasteiger partial charge in [0.2, 0.25) is 5.78 Å². The quantitative estimate of drug-likeness (QED) is 0.235. The van der Waals surface area contributed by atoms with Crippen molar-refractivity contribution in [2.24, 2.45) is 0 Å². The van der Waals surface area contributed by atoms with Crippen molar-refractivity contribution in [1.82, 2.24) is 38.7 Å². The van der Waals surface area contributed by atoms with Gasteiger partial charge >= 0.3 is 0 Å². The van der Waals surface area contributed by atoms with E-state index in [0.717, 1.165) is 35.0 Å². The number of nitrogens with zero attached hydrogens (tertiary/aromatic N) is 8. The molecule has 31 heavy (non-hydrogen) atoms. The third-order valence-electron chi connectivity index (χ3n) is 4.99. The van der Waals surface area contributed by atoms with Gasteiger partial charge in [0.15, 0.2) is 16.6 Å². The number of aromatic nitrogens is 8. The highest BCUT2D eigenvalue weighted by molar-refractivity contribution is 7.99. The van der Waals surface area contributed by atoms with Crippen LogP contribution in [0.25, 0.3) is 27.8 Å². The zero-order valence-corrected chi connectivity index (χ0v) is 17.4. The summed E-state index contributed by atoms with van der Waals surface area (Å²) in [5.41, 5.74) is 7.89. The summed E-state index contributed by atoms with van der Waals surface area (Å²) in [4.78, 5) is 25.4. The van der Waals surface area contributed by atoms with Gasteiger partial charge in [0.05, 0.1) is 17.2 Å². The number of aryl methyl sites for hydroxylation is 1. The smallest absolute Gasteiger partial charge is 0.263 e. The molecule has 11 heteroatoms. The molecule has 0 spiro atoms. The van der Waals surface area contributed by atoms with E-state index >= 15 is 0 Å². The number of fused-ring (bicyclic) bond motifs is 4. The number of hydrogen-bond acceptors (Lipinski definition) is 8. The second kappa shape index (κ2) is 7.84. The highest BCUT2D eigenvalue weighted by Crippen LogP contribution is 2.23. The molecular formula is C20H19N9OS. The Morgan fingerprint density at radius 3 is 2.90 bits per heavy atom. The van der Waals surface area contributed by atoms with E-state index in [1.165, 1.54) is 6.33 Å². The van der Waals surface area contributed by atoms with Crippen molar-refractivity contribution in [1.29, 1.82) is 0 Å². The molecule has 10 nitrogen and oxygen atoms in total. The van der Waals surface area contributed by atoms with Crippen molar-refractivity contribution in [3.05, 3.63) is 59.9 Å². The molecule has 0 saturated carbocycles. The number of nitrogens with two attached hydrogens (primary N) is 1. The number of rotatable bonds is 7. The molecule has 5 rings (SSSR count). The minimum absolute atomic E-state index is 0.0970. The summed E-state index contributed by atoms with van der Waals surface area (Å²) in [7, 11) is 0. The zero-order valence-electron chi connectivity index (χ0n) is 16.5. The number of benzene rings is 1. The van der Waals surface area contributed by atoms with Crippen molar-refractivity contribution in [3.8, 4) is 0 Å². The maximum Gasteiger partial charge on any atom is 0.263 e. The van der Waals surface area contributed by atoms with Gasteiger partial charge in [0.25, 0.3) is 5.56 Å². The lowest BCUT2D eigenvalue weighted by Gasteiger charge is -2.09. The monoisotopic (exact) mass is 433 g/mol. The maximum atomic E-state index is 12.9. The number of para-hydroxylation sites is 1. The van der Waals surface area contributed by atoms with Crippen LogP contribution >= 0.6 is 11.8 Å². The third kappa shape index (κ3) is 3.22. The number of allylic oxidation sites excluding steroid dienone is 1. The largest absolute Gasteiger partial charge is 0.382 e. The molecule has 4 heterocycles. The molecule has 4 aromatic heterocycles. The van der Waals surface area contributed by atoms with Crippen LogP contribution in [0.2, 0.25) is 0 Å². The number of thioether (sulfide) groups is 1. The second-order valence-electron chi connectivity index (χ2n) is 6.91. The molecular weight excluding hydrogens is 414 g/mol. The lowest BCUT2D eigenvalue weighted by atomic mass is 10.2. The fourth-order valence-electron chi connectivity index (χ4n) is 3.58. The molecule has 0 aliphatic heterocycles. The molecule has 5 aromatic rings. The molecule has 0 aliphatic rings. The highest BCUT2D eigenvalue weighted by atomic mass is 32.2. The van der Waals surface area contributed by atoms with E-state index in [-0.39, 0.29) is 5.56 Å². The summed E-state index contributed by atoms with van der Waals surface area (Å²) < 4.78 is 5.49. The van der Waals surface area contributed by atoms with E-state index < -0.39 is 0 Å². The fourth-order valence-corrected chi connectivity index (χ4v) is 4.45. The van der Waals surface area contributed by atoms with Crippen molar-refractivity contribution in [2.75, 3.05) is 11.5 Å². The van der Waals surface area contributed by atoms with Crippen molar-refractivity contribution in [3.63, 3.8) is 0 Å². The van der Waals surface area contributed by atoms with Gasteiger partial charge in [-0.05, 0) is 18.6 Å². The van der Waals surface area contributed by atoms with Crippen molar-refractivity contribution >= 4 is 45.4 Å². The molecule has 0 saturated heterocycles. The molecule has 156 valence electrons. The maximum absolute atomic E-state index is 12.9. The normalized spacial score (nSPS) is 11.6. The fraction of sp³-hybridized carbons (Fsp3) is 0.200. The van der Waals surface area contributed by atoms with Crippen LogP contribution in [0.4, 0.5) is 5.82 Å². The van der Waals surface area contributed by atoms with Crippen LogP contribution in [0, 0.1) is 0 Å². The first-order valence-corrected chi connectivity index (χ1v) is 10.7. The van der Waals surface area contributed by atoms with Crippen LogP contribution < -0.4 is 11.3 Å². The van der Waals surface area contributed by atoms with Crippen molar-refractivity contribution < 1.29 is 0 Å². The number of nitrogen functional groups attached to an aromatic ring is 1. The minimum atomic E-state index is -0.0970. The Labute approximate surface area is 180 Å². The van der Waals surface area contributed by atoms with Gasteiger partial charge in [0, 0.05) is 18.8 Å². The standard InChI is InChI=1S/C20H19N9OS/c1-2-8-28-18(30)13-6-3-4-7-14(13)29-19(28)25-26-20(29)31-10-5-9-27-12-24-15-16(21)22-11-23-17(15)27/h2-4,6-7,11-12H,1,5,8-10H2,(H2,21,22,23). The average Bonchev–Trinajstić information content (AvgIpc) is 3.39. The van der Waals surface area contributed by atoms with E-state index in [2.05, 4.69) is 31.7 Å². The highest BCUT2D eigenvalue weighted by Gasteiger charge is 2.16. The molecule has 0 atom stereocenters. The SMILES string of the molecule is C=CCn1c(=O)c2ccccc2n2c(SCCCn3cnc4c(N)ncnc43)nnc12. The third-order valence-corrected chi connectivity index (χ3v) is 6.01. The topological polar surface area (TPSA) is 122 Å².